The quantitative estimate of drug-likeness (QED) is 0.692. The molecule has 0 aromatic heterocycles. The van der Waals surface area contributed by atoms with E-state index in [4.69, 9.17) is 32.7 Å². The summed E-state index contributed by atoms with van der Waals surface area (Å²) in [6, 6.07) is 12.3. The summed E-state index contributed by atoms with van der Waals surface area (Å²) >= 11 is 12.6. The maximum atomic E-state index is 12.9. The van der Waals surface area contributed by atoms with Crippen molar-refractivity contribution in [3.05, 3.63) is 63.1 Å². The molecule has 0 saturated heterocycles. The second-order valence-corrected chi connectivity index (χ2v) is 9.85. The Morgan fingerprint density at radius 3 is 2.70 bits per heavy atom. The first kappa shape index (κ1) is 22.0. The Morgan fingerprint density at radius 1 is 1.27 bits per heavy atom. The molecule has 1 fully saturated rings. The van der Waals surface area contributed by atoms with Crippen molar-refractivity contribution in [3.63, 3.8) is 0 Å². The van der Waals surface area contributed by atoms with Gasteiger partial charge in [0.05, 0.1) is 24.1 Å². The second kappa shape index (κ2) is 7.91. The molecular weight excluding hydrogens is 465 g/mol. The van der Waals surface area contributed by atoms with Gasteiger partial charge in [0, 0.05) is 27.1 Å². The van der Waals surface area contributed by atoms with Gasteiger partial charge in [0.25, 0.3) is 0 Å². The predicted molar refractivity (Wildman–Crippen MR) is 122 cm³/mol. The van der Waals surface area contributed by atoms with Crippen LogP contribution in [-0.2, 0) is 16.1 Å². The van der Waals surface area contributed by atoms with E-state index in [-0.39, 0.29) is 24.3 Å². The number of rotatable bonds is 3. The zero-order valence-corrected chi connectivity index (χ0v) is 19.5. The number of carbonyl (C=O) groups excluding carboxylic acids is 1. The van der Waals surface area contributed by atoms with Crippen molar-refractivity contribution in [3.8, 4) is 11.8 Å². The fraction of sp³-hybridized carbons (Fsp3) is 0.375. The summed E-state index contributed by atoms with van der Waals surface area (Å²) in [5.74, 6) is 0.430. The number of ether oxygens (including phenoxy) is 2. The Balaban J connectivity index is 1.49. The molecule has 2 aliphatic heterocycles. The van der Waals surface area contributed by atoms with Gasteiger partial charge in [-0.2, -0.15) is 5.26 Å². The Labute approximate surface area is 201 Å². The number of fused-ring (bicyclic) bond motifs is 2. The van der Waals surface area contributed by atoms with Gasteiger partial charge in [-0.05, 0) is 50.6 Å². The number of aliphatic hydroxyl groups excluding tert-OH is 1. The number of nitrogens with zero attached hydrogens (tertiary/aromatic N) is 3. The normalized spacial score (nSPS) is 27.0. The summed E-state index contributed by atoms with van der Waals surface area (Å²) in [7, 11) is 0. The van der Waals surface area contributed by atoms with Gasteiger partial charge in [0.2, 0.25) is 11.8 Å². The van der Waals surface area contributed by atoms with E-state index < -0.39 is 17.8 Å². The van der Waals surface area contributed by atoms with E-state index in [0.717, 1.165) is 0 Å². The summed E-state index contributed by atoms with van der Waals surface area (Å²) < 4.78 is 12.2. The van der Waals surface area contributed by atoms with Gasteiger partial charge >= 0.3 is 0 Å². The van der Waals surface area contributed by atoms with Gasteiger partial charge in [-0.15, -0.1) is 5.10 Å². The van der Waals surface area contributed by atoms with Gasteiger partial charge in [0.1, 0.15) is 17.5 Å². The van der Waals surface area contributed by atoms with Crippen molar-refractivity contribution in [2.24, 2.45) is 16.9 Å². The number of benzene rings is 2. The molecule has 170 valence electrons. The molecule has 1 aliphatic carbocycles. The molecule has 7 nitrogen and oxygen atoms in total. The van der Waals surface area contributed by atoms with E-state index in [1.165, 1.54) is 5.01 Å². The molecule has 1 N–H and O–H groups in total. The van der Waals surface area contributed by atoms with Crippen LogP contribution >= 0.6 is 23.2 Å². The number of hydrogen-bond donors (Lipinski definition) is 1. The number of amides is 1. The predicted octanol–water partition coefficient (Wildman–Crippen LogP) is 4.45. The third kappa shape index (κ3) is 3.82. The lowest BCUT2D eigenvalue weighted by molar-refractivity contribution is -0.135. The second-order valence-electron chi connectivity index (χ2n) is 9.04. The average Bonchev–Trinajstić information content (AvgIpc) is 3.58. The number of halogens is 2. The average molecular weight is 486 g/mol. The summed E-state index contributed by atoms with van der Waals surface area (Å²) in [5.41, 5.74) is 0.675. The number of aliphatic hydroxyl groups is 1. The lowest BCUT2D eigenvalue weighted by Gasteiger charge is -2.42. The highest BCUT2D eigenvalue weighted by molar-refractivity contribution is 6.36. The highest BCUT2D eigenvalue weighted by atomic mass is 35.5. The van der Waals surface area contributed by atoms with E-state index in [2.05, 4.69) is 11.2 Å². The molecule has 1 amide bonds. The summed E-state index contributed by atoms with van der Waals surface area (Å²) in [6.07, 6.45) is -1.21. The van der Waals surface area contributed by atoms with Gasteiger partial charge < -0.3 is 14.6 Å². The number of hydrazone groups is 1. The van der Waals surface area contributed by atoms with E-state index in [1.54, 1.807) is 50.2 Å². The summed E-state index contributed by atoms with van der Waals surface area (Å²) in [4.78, 5) is 12.9. The number of nitriles is 1. The van der Waals surface area contributed by atoms with Crippen LogP contribution < -0.4 is 4.74 Å². The fourth-order valence-corrected chi connectivity index (χ4v) is 4.82. The monoisotopic (exact) mass is 485 g/mol. The molecule has 1 saturated carbocycles. The molecule has 4 atom stereocenters. The van der Waals surface area contributed by atoms with E-state index in [0.29, 0.717) is 44.8 Å². The minimum Gasteiger partial charge on any atom is -0.485 e. The molecule has 2 heterocycles. The molecule has 33 heavy (non-hydrogen) atoms. The largest absolute Gasteiger partial charge is 0.485 e. The van der Waals surface area contributed by atoms with Crippen molar-refractivity contribution in [1.82, 2.24) is 5.01 Å². The molecular formula is C24H21Cl2N3O4. The van der Waals surface area contributed by atoms with Crippen LogP contribution in [0.1, 0.15) is 43.1 Å². The molecule has 5 rings (SSSR count). The Hall–Kier alpha value is -2.79. The van der Waals surface area contributed by atoms with Gasteiger partial charge in [-0.1, -0.05) is 29.3 Å². The summed E-state index contributed by atoms with van der Waals surface area (Å²) in [5, 5.41) is 27.1. The minimum atomic E-state index is -1.03. The van der Waals surface area contributed by atoms with Crippen molar-refractivity contribution in [1.29, 1.82) is 5.26 Å². The molecule has 0 unspecified atom stereocenters. The highest BCUT2D eigenvalue weighted by Gasteiger charge is 2.55. The van der Waals surface area contributed by atoms with Gasteiger partial charge in [-0.25, -0.2) is 5.01 Å². The zero-order chi connectivity index (χ0) is 23.5. The molecule has 9 heteroatoms. The molecule has 0 bridgehead atoms. The van der Waals surface area contributed by atoms with Crippen LogP contribution in [-0.4, -0.2) is 33.6 Å². The van der Waals surface area contributed by atoms with E-state index in [1.807, 2.05) is 0 Å². The lowest BCUT2D eigenvalue weighted by atomic mass is 9.87. The van der Waals surface area contributed by atoms with Crippen molar-refractivity contribution >= 4 is 35.0 Å². The zero-order valence-electron chi connectivity index (χ0n) is 18.0. The maximum Gasteiger partial charge on any atom is 0.247 e. The first-order valence-corrected chi connectivity index (χ1v) is 11.4. The topological polar surface area (TPSA) is 95.2 Å². The van der Waals surface area contributed by atoms with Crippen LogP contribution in [0.25, 0.3) is 0 Å². The third-order valence-electron chi connectivity index (χ3n) is 6.33. The fourth-order valence-electron chi connectivity index (χ4n) is 4.30. The van der Waals surface area contributed by atoms with Crippen LogP contribution in [0, 0.1) is 23.2 Å². The van der Waals surface area contributed by atoms with Crippen LogP contribution in [0.2, 0.25) is 10.0 Å². The van der Waals surface area contributed by atoms with Crippen LogP contribution in [0.3, 0.4) is 0 Å². The Morgan fingerprint density at radius 2 is 2.00 bits per heavy atom. The lowest BCUT2D eigenvalue weighted by Crippen LogP contribution is -2.50. The van der Waals surface area contributed by atoms with Crippen LogP contribution in [0.5, 0.6) is 5.75 Å². The first-order chi connectivity index (χ1) is 15.7. The van der Waals surface area contributed by atoms with Crippen LogP contribution in [0.15, 0.2) is 41.5 Å². The van der Waals surface area contributed by atoms with Crippen LogP contribution in [0.4, 0.5) is 0 Å². The maximum absolute atomic E-state index is 12.9. The van der Waals surface area contributed by atoms with E-state index >= 15 is 0 Å². The van der Waals surface area contributed by atoms with Crippen molar-refractivity contribution in [2.45, 2.75) is 44.6 Å². The smallest absolute Gasteiger partial charge is 0.247 e. The molecule has 2 aromatic rings. The standard InChI is InChI=1S/C24H21Cl2N3O4/c1-24(2)21(30)20(15-8-12(10-27)6-7-19(15)33-24)32-22-13-9-14(13)23(31)29(28-22)11-16-17(25)4-3-5-18(16)26/h3-8,13-14,20-21,30H,9,11H2,1-2H3/t13-,14-,20-,21+/m1/s1. The molecule has 2 aromatic carbocycles. The SMILES string of the molecule is CC1(C)Oc2ccc(C#N)cc2[C@@H](OC2=NN(Cc3c(Cl)cccc3Cl)C(=O)[C@@H]3C[C@@H]23)[C@@H]1O. The molecule has 3 aliphatic rings. The Kier molecular flexibility index (Phi) is 5.28. The number of hydrogen-bond acceptors (Lipinski definition) is 6. The van der Waals surface area contributed by atoms with Crippen molar-refractivity contribution in [2.75, 3.05) is 0 Å². The molecule has 0 spiro atoms. The molecule has 0 radical (unpaired) electrons. The van der Waals surface area contributed by atoms with Gasteiger partial charge in [0.15, 0.2) is 6.10 Å². The van der Waals surface area contributed by atoms with Crippen molar-refractivity contribution < 1.29 is 19.4 Å². The summed E-state index contributed by atoms with van der Waals surface area (Å²) in [6.45, 7) is 3.66. The first-order valence-electron chi connectivity index (χ1n) is 10.6. The Bertz CT molecular complexity index is 1200. The third-order valence-corrected chi connectivity index (χ3v) is 7.04. The van der Waals surface area contributed by atoms with Gasteiger partial charge in [-0.3, -0.25) is 4.79 Å². The number of carbonyl (C=O) groups is 1. The van der Waals surface area contributed by atoms with E-state index in [9.17, 15) is 15.2 Å². The minimum absolute atomic E-state index is 0.108. The highest BCUT2D eigenvalue weighted by Crippen LogP contribution is 2.48.